The second-order valence-electron chi connectivity index (χ2n) is 9.47. The molecule has 3 aromatic rings. The van der Waals surface area contributed by atoms with Crippen molar-refractivity contribution in [3.8, 4) is 17.1 Å². The first kappa shape index (κ1) is 24.6. The number of amides is 1. The maximum Gasteiger partial charge on any atom is 0.281 e. The first-order chi connectivity index (χ1) is 16.5. The molecule has 10 nitrogen and oxygen atoms in total. The fourth-order valence-corrected chi connectivity index (χ4v) is 4.95. The second kappa shape index (κ2) is 9.29. The molecule has 3 aromatic heterocycles. The van der Waals surface area contributed by atoms with E-state index in [-0.39, 0.29) is 22.2 Å². The molecule has 11 heteroatoms. The van der Waals surface area contributed by atoms with Gasteiger partial charge in [-0.05, 0) is 64.3 Å². The lowest BCUT2D eigenvalue weighted by Gasteiger charge is -2.36. The van der Waals surface area contributed by atoms with Gasteiger partial charge >= 0.3 is 0 Å². The summed E-state index contributed by atoms with van der Waals surface area (Å²) in [4.78, 5) is 24.5. The van der Waals surface area contributed by atoms with Gasteiger partial charge in [0.2, 0.25) is 5.88 Å². The Labute approximate surface area is 205 Å². The van der Waals surface area contributed by atoms with Crippen molar-refractivity contribution in [1.29, 1.82) is 0 Å². The van der Waals surface area contributed by atoms with Crippen LogP contribution >= 0.6 is 0 Å². The number of sulfonamides is 1. The highest BCUT2D eigenvalue weighted by atomic mass is 32.2. The first-order valence-corrected chi connectivity index (χ1v) is 13.0. The lowest BCUT2D eigenvalue weighted by molar-refractivity contribution is 0.0981. The van der Waals surface area contributed by atoms with E-state index in [2.05, 4.69) is 45.6 Å². The Bertz CT molecular complexity index is 1300. The molecule has 1 fully saturated rings. The van der Waals surface area contributed by atoms with Crippen LogP contribution in [0.15, 0.2) is 47.8 Å². The molecule has 2 N–H and O–H groups in total. The highest BCUT2D eigenvalue weighted by molar-refractivity contribution is 7.90. The zero-order valence-electron chi connectivity index (χ0n) is 20.4. The summed E-state index contributed by atoms with van der Waals surface area (Å²) in [5.74, 6) is 0.532. The van der Waals surface area contributed by atoms with E-state index < -0.39 is 15.9 Å². The topological polar surface area (TPSA) is 130 Å². The Morgan fingerprint density at radius 3 is 2.57 bits per heavy atom. The standard InChI is InChI=1S/C24H30N6O4S/c1-15(2)34-20-9-6-17(14-25-20)19-8-7-18(22(27-19)30-13-11-16(3)24(30,4)5)23(31)29-35(32,33)21-10-12-26-28-21/h6-10,12,14-16H,11,13H2,1-5H3,(H,26,28)(H,29,31). The Kier molecular flexibility index (Phi) is 6.54. The van der Waals surface area contributed by atoms with Crippen LogP contribution < -0.4 is 14.4 Å². The highest BCUT2D eigenvalue weighted by Crippen LogP contribution is 2.39. The van der Waals surface area contributed by atoms with Gasteiger partial charge in [0.1, 0.15) is 5.82 Å². The van der Waals surface area contributed by atoms with E-state index >= 15 is 0 Å². The number of rotatable bonds is 7. The number of pyridine rings is 2. The molecule has 1 atom stereocenters. The maximum atomic E-state index is 13.2. The largest absolute Gasteiger partial charge is 0.475 e. The first-order valence-electron chi connectivity index (χ1n) is 11.5. The molecule has 35 heavy (non-hydrogen) atoms. The minimum Gasteiger partial charge on any atom is -0.475 e. The number of ether oxygens (including phenoxy) is 1. The van der Waals surface area contributed by atoms with Gasteiger partial charge in [-0.1, -0.05) is 6.92 Å². The summed E-state index contributed by atoms with van der Waals surface area (Å²) in [6.45, 7) is 10.9. The molecule has 4 rings (SSSR count). The van der Waals surface area contributed by atoms with Gasteiger partial charge in [0.15, 0.2) is 5.03 Å². The number of hydrogen-bond acceptors (Lipinski definition) is 8. The predicted molar refractivity (Wildman–Crippen MR) is 132 cm³/mol. The van der Waals surface area contributed by atoms with Gasteiger partial charge < -0.3 is 9.64 Å². The van der Waals surface area contributed by atoms with Crippen molar-refractivity contribution in [1.82, 2.24) is 24.9 Å². The zero-order valence-corrected chi connectivity index (χ0v) is 21.3. The van der Waals surface area contributed by atoms with Crippen LogP contribution in [0.4, 0.5) is 5.82 Å². The lowest BCUT2D eigenvalue weighted by atomic mass is 9.90. The lowest BCUT2D eigenvalue weighted by Crippen LogP contribution is -2.43. The predicted octanol–water partition coefficient (Wildman–Crippen LogP) is 3.40. The Balaban J connectivity index is 1.73. The van der Waals surface area contributed by atoms with E-state index in [0.717, 1.165) is 12.0 Å². The number of aromatic amines is 1. The van der Waals surface area contributed by atoms with Crippen LogP contribution in [0.5, 0.6) is 5.88 Å². The fraction of sp³-hybridized carbons (Fsp3) is 0.417. The summed E-state index contributed by atoms with van der Waals surface area (Å²) in [7, 11) is -4.11. The van der Waals surface area contributed by atoms with E-state index in [1.54, 1.807) is 24.4 Å². The van der Waals surface area contributed by atoms with E-state index in [9.17, 15) is 13.2 Å². The van der Waals surface area contributed by atoms with Gasteiger partial charge in [-0.2, -0.15) is 13.5 Å². The third-order valence-electron chi connectivity index (χ3n) is 6.44. The van der Waals surface area contributed by atoms with Gasteiger partial charge in [-0.25, -0.2) is 14.7 Å². The van der Waals surface area contributed by atoms with E-state index in [1.165, 1.54) is 12.3 Å². The zero-order chi connectivity index (χ0) is 25.4. The van der Waals surface area contributed by atoms with Crippen molar-refractivity contribution in [2.24, 2.45) is 5.92 Å². The fourth-order valence-electron chi connectivity index (χ4n) is 4.07. The third-order valence-corrected chi connectivity index (χ3v) is 7.70. The van der Waals surface area contributed by atoms with Crippen molar-refractivity contribution >= 4 is 21.7 Å². The molecule has 0 saturated carbocycles. The molecule has 0 aromatic carbocycles. The number of hydrogen-bond donors (Lipinski definition) is 2. The number of anilines is 1. The van der Waals surface area contributed by atoms with E-state index in [0.29, 0.717) is 29.9 Å². The Morgan fingerprint density at radius 2 is 2.00 bits per heavy atom. The van der Waals surface area contributed by atoms with Crippen LogP contribution in [0.3, 0.4) is 0 Å². The molecule has 1 saturated heterocycles. The van der Waals surface area contributed by atoms with Gasteiger partial charge in [0.25, 0.3) is 15.9 Å². The smallest absolute Gasteiger partial charge is 0.281 e. The number of nitrogens with zero attached hydrogens (tertiary/aromatic N) is 4. The molecule has 1 aliphatic heterocycles. The highest BCUT2D eigenvalue weighted by Gasteiger charge is 2.41. The SMILES string of the molecule is CC(C)Oc1ccc(-c2ccc(C(=O)NS(=O)(=O)c3ccn[nH]3)c(N3CCC(C)C3(C)C)n2)cn1. The van der Waals surface area contributed by atoms with Crippen LogP contribution in [-0.4, -0.2) is 52.7 Å². The quantitative estimate of drug-likeness (QED) is 0.507. The molecule has 1 aliphatic rings. The minimum absolute atomic E-state index is 0.00768. The molecule has 4 heterocycles. The number of carbonyl (C=O) groups excluding carboxylic acids is 1. The van der Waals surface area contributed by atoms with Crippen molar-refractivity contribution in [2.45, 2.75) is 57.7 Å². The number of carbonyl (C=O) groups is 1. The normalized spacial score (nSPS) is 17.5. The van der Waals surface area contributed by atoms with Gasteiger partial charge in [-0.3, -0.25) is 9.89 Å². The monoisotopic (exact) mass is 498 g/mol. The van der Waals surface area contributed by atoms with E-state index in [1.807, 2.05) is 19.9 Å². The Morgan fingerprint density at radius 1 is 1.23 bits per heavy atom. The molecule has 0 aliphatic carbocycles. The molecular formula is C24H30N6O4S. The summed E-state index contributed by atoms with van der Waals surface area (Å²) in [6, 6.07) is 8.21. The van der Waals surface area contributed by atoms with Gasteiger partial charge in [0, 0.05) is 29.9 Å². The average molecular weight is 499 g/mol. The van der Waals surface area contributed by atoms with Crippen molar-refractivity contribution in [3.63, 3.8) is 0 Å². The van der Waals surface area contributed by atoms with Crippen molar-refractivity contribution in [2.75, 3.05) is 11.4 Å². The van der Waals surface area contributed by atoms with Gasteiger partial charge in [0.05, 0.1) is 23.6 Å². The van der Waals surface area contributed by atoms with Crippen molar-refractivity contribution in [3.05, 3.63) is 48.3 Å². The van der Waals surface area contributed by atoms with Crippen LogP contribution in [-0.2, 0) is 10.0 Å². The van der Waals surface area contributed by atoms with Crippen LogP contribution in [0.25, 0.3) is 11.3 Å². The summed E-state index contributed by atoms with van der Waals surface area (Å²) in [5, 5.41) is 5.83. The second-order valence-corrected chi connectivity index (χ2v) is 11.1. The third kappa shape index (κ3) is 5.00. The number of nitrogens with one attached hydrogen (secondary N) is 2. The molecule has 0 bridgehead atoms. The van der Waals surface area contributed by atoms with Crippen molar-refractivity contribution < 1.29 is 17.9 Å². The molecule has 0 spiro atoms. The summed E-state index contributed by atoms with van der Waals surface area (Å²) in [6.07, 6.45) is 3.91. The van der Waals surface area contributed by atoms with Crippen LogP contribution in [0.1, 0.15) is 51.4 Å². The van der Waals surface area contributed by atoms with Gasteiger partial charge in [-0.15, -0.1) is 0 Å². The minimum atomic E-state index is -4.11. The molecule has 186 valence electrons. The number of aromatic nitrogens is 4. The van der Waals surface area contributed by atoms with Crippen LogP contribution in [0.2, 0.25) is 0 Å². The Hall–Kier alpha value is -3.47. The molecule has 1 amide bonds. The van der Waals surface area contributed by atoms with E-state index in [4.69, 9.17) is 9.72 Å². The summed E-state index contributed by atoms with van der Waals surface area (Å²) < 4.78 is 33.0. The number of H-pyrrole nitrogens is 1. The van der Waals surface area contributed by atoms with Crippen LogP contribution in [0, 0.1) is 5.92 Å². The average Bonchev–Trinajstić information content (AvgIpc) is 3.43. The molecule has 1 unspecified atom stereocenters. The maximum absolute atomic E-state index is 13.2. The molecular weight excluding hydrogens is 468 g/mol. The summed E-state index contributed by atoms with van der Waals surface area (Å²) >= 11 is 0. The molecule has 0 radical (unpaired) electrons. The summed E-state index contributed by atoms with van der Waals surface area (Å²) in [5.41, 5.74) is 1.26.